The topological polar surface area (TPSA) is 99.1 Å². The van der Waals surface area contributed by atoms with Crippen LogP contribution in [0.2, 0.25) is 0 Å². The van der Waals surface area contributed by atoms with Gasteiger partial charge in [-0.2, -0.15) is 0 Å². The Morgan fingerprint density at radius 1 is 1.17 bits per heavy atom. The van der Waals surface area contributed by atoms with E-state index in [0.29, 0.717) is 24.2 Å². The molecule has 0 bridgehead atoms. The molecule has 1 heterocycles. The molecule has 2 aromatic carbocycles. The van der Waals surface area contributed by atoms with E-state index in [4.69, 9.17) is 4.74 Å². The normalized spacial score (nSPS) is 16.8. The number of para-hydroxylation sites is 1. The van der Waals surface area contributed by atoms with Gasteiger partial charge in [0.2, 0.25) is 5.91 Å². The van der Waals surface area contributed by atoms with Crippen molar-refractivity contribution in [1.82, 2.24) is 10.2 Å². The standard InChI is InChI=1S/C22H27BN2O5/c1-14(16-8-4-5-10-18(16)22(27)25(2)3)21(26)24-20(23(28)29)12-15-13-30-19-11-7-6-9-17(15)19/h4-11,14-15,20,28-29H,12-13H2,1-3H3,(H,24,26). The predicted octanol–water partition coefficient (Wildman–Crippen LogP) is 1.55. The van der Waals surface area contributed by atoms with Gasteiger partial charge in [-0.3, -0.25) is 9.59 Å². The number of ether oxygens (including phenoxy) is 1. The highest BCUT2D eigenvalue weighted by atomic mass is 16.5. The number of hydrogen-bond donors (Lipinski definition) is 3. The van der Waals surface area contributed by atoms with E-state index in [-0.39, 0.29) is 17.7 Å². The van der Waals surface area contributed by atoms with Gasteiger partial charge in [0.1, 0.15) is 5.75 Å². The number of fused-ring (bicyclic) bond motifs is 1. The zero-order valence-corrected chi connectivity index (χ0v) is 17.4. The number of amides is 2. The minimum Gasteiger partial charge on any atom is -0.493 e. The molecule has 3 unspecified atom stereocenters. The second-order valence-corrected chi connectivity index (χ2v) is 7.82. The molecule has 2 aromatic rings. The Balaban J connectivity index is 1.74. The Labute approximate surface area is 176 Å². The molecular formula is C22H27BN2O5. The molecule has 1 aliphatic rings. The molecule has 3 N–H and O–H groups in total. The van der Waals surface area contributed by atoms with Crippen LogP contribution in [-0.4, -0.2) is 60.5 Å². The molecule has 0 fully saturated rings. The number of nitrogens with zero attached hydrogens (tertiary/aromatic N) is 1. The van der Waals surface area contributed by atoms with E-state index < -0.39 is 19.0 Å². The monoisotopic (exact) mass is 410 g/mol. The molecule has 7 nitrogen and oxygen atoms in total. The average Bonchev–Trinajstić information content (AvgIpc) is 3.14. The van der Waals surface area contributed by atoms with E-state index in [0.717, 1.165) is 11.3 Å². The van der Waals surface area contributed by atoms with Crippen molar-refractivity contribution in [2.75, 3.05) is 20.7 Å². The summed E-state index contributed by atoms with van der Waals surface area (Å²) in [5.74, 6) is -1.34. The third kappa shape index (κ3) is 4.66. The lowest BCUT2D eigenvalue weighted by Gasteiger charge is -2.24. The van der Waals surface area contributed by atoms with Crippen LogP contribution in [0.5, 0.6) is 5.75 Å². The van der Waals surface area contributed by atoms with Crippen LogP contribution >= 0.6 is 0 Å². The van der Waals surface area contributed by atoms with Crippen molar-refractivity contribution in [1.29, 1.82) is 0 Å². The van der Waals surface area contributed by atoms with Gasteiger partial charge in [0.15, 0.2) is 0 Å². The van der Waals surface area contributed by atoms with Gasteiger partial charge in [0.05, 0.1) is 18.5 Å². The molecule has 0 saturated carbocycles. The summed E-state index contributed by atoms with van der Waals surface area (Å²) in [4.78, 5) is 26.9. The fourth-order valence-electron chi connectivity index (χ4n) is 3.75. The first kappa shape index (κ1) is 21.9. The smallest absolute Gasteiger partial charge is 0.475 e. The number of benzene rings is 2. The first-order valence-corrected chi connectivity index (χ1v) is 9.98. The minimum atomic E-state index is -1.72. The maximum atomic E-state index is 12.9. The first-order valence-electron chi connectivity index (χ1n) is 9.98. The molecule has 3 rings (SSSR count). The van der Waals surface area contributed by atoms with Gasteiger partial charge in [-0.15, -0.1) is 0 Å². The van der Waals surface area contributed by atoms with Crippen LogP contribution in [0, 0.1) is 0 Å². The van der Waals surface area contributed by atoms with E-state index in [9.17, 15) is 19.6 Å². The maximum absolute atomic E-state index is 12.9. The van der Waals surface area contributed by atoms with Gasteiger partial charge in [-0.25, -0.2) is 0 Å². The van der Waals surface area contributed by atoms with Crippen LogP contribution in [0.15, 0.2) is 48.5 Å². The summed E-state index contributed by atoms with van der Waals surface area (Å²) < 4.78 is 5.66. The van der Waals surface area contributed by atoms with Crippen molar-refractivity contribution >= 4 is 18.9 Å². The predicted molar refractivity (Wildman–Crippen MR) is 114 cm³/mol. The van der Waals surface area contributed by atoms with Gasteiger partial charge in [0, 0.05) is 31.1 Å². The summed E-state index contributed by atoms with van der Waals surface area (Å²) in [6, 6.07) is 14.6. The SMILES string of the molecule is CC(C(=O)NC(CC1COc2ccccc21)B(O)O)c1ccccc1C(=O)N(C)C. The third-order valence-electron chi connectivity index (χ3n) is 5.48. The quantitative estimate of drug-likeness (QED) is 0.602. The van der Waals surface area contributed by atoms with E-state index in [1.807, 2.05) is 24.3 Å². The van der Waals surface area contributed by atoms with Crippen LogP contribution < -0.4 is 10.1 Å². The number of nitrogens with one attached hydrogen (secondary N) is 1. The first-order chi connectivity index (χ1) is 14.3. The van der Waals surface area contributed by atoms with Crippen LogP contribution in [-0.2, 0) is 4.79 Å². The van der Waals surface area contributed by atoms with E-state index in [2.05, 4.69) is 5.32 Å². The molecule has 0 aromatic heterocycles. The maximum Gasteiger partial charge on any atom is 0.475 e. The highest BCUT2D eigenvalue weighted by Gasteiger charge is 2.34. The summed E-state index contributed by atoms with van der Waals surface area (Å²) in [7, 11) is 1.60. The molecule has 1 aliphatic heterocycles. The third-order valence-corrected chi connectivity index (χ3v) is 5.48. The molecule has 8 heteroatoms. The number of carbonyl (C=O) groups excluding carboxylic acids is 2. The lowest BCUT2D eigenvalue weighted by atomic mass is 9.73. The Morgan fingerprint density at radius 3 is 2.53 bits per heavy atom. The minimum absolute atomic E-state index is 0.0498. The number of carbonyl (C=O) groups is 2. The van der Waals surface area contributed by atoms with Crippen LogP contribution in [0.25, 0.3) is 0 Å². The Morgan fingerprint density at radius 2 is 1.83 bits per heavy atom. The van der Waals surface area contributed by atoms with Gasteiger partial charge < -0.3 is 25.0 Å². The van der Waals surface area contributed by atoms with E-state index in [1.165, 1.54) is 4.90 Å². The molecule has 0 saturated heterocycles. The zero-order chi connectivity index (χ0) is 21.8. The van der Waals surface area contributed by atoms with Crippen LogP contribution in [0.3, 0.4) is 0 Å². The Kier molecular flexibility index (Phi) is 6.79. The molecule has 0 radical (unpaired) electrons. The summed E-state index contributed by atoms with van der Waals surface area (Å²) in [5, 5.41) is 22.5. The van der Waals surface area contributed by atoms with Gasteiger partial charge in [-0.1, -0.05) is 36.4 Å². The highest BCUT2D eigenvalue weighted by Crippen LogP contribution is 2.36. The second kappa shape index (κ2) is 9.32. The fourth-order valence-corrected chi connectivity index (χ4v) is 3.75. The lowest BCUT2D eigenvalue weighted by molar-refractivity contribution is -0.122. The fraction of sp³-hybridized carbons (Fsp3) is 0.364. The van der Waals surface area contributed by atoms with Crippen molar-refractivity contribution in [3.05, 3.63) is 65.2 Å². The molecule has 3 atom stereocenters. The molecule has 158 valence electrons. The largest absolute Gasteiger partial charge is 0.493 e. The molecular weight excluding hydrogens is 383 g/mol. The number of hydrogen-bond acceptors (Lipinski definition) is 5. The van der Waals surface area contributed by atoms with Gasteiger partial charge in [-0.05, 0) is 31.0 Å². The second-order valence-electron chi connectivity index (χ2n) is 7.82. The summed E-state index contributed by atoms with van der Waals surface area (Å²) >= 11 is 0. The van der Waals surface area contributed by atoms with Crippen molar-refractivity contribution < 1.29 is 24.4 Å². The Bertz CT molecular complexity index is 918. The average molecular weight is 410 g/mol. The number of rotatable bonds is 7. The van der Waals surface area contributed by atoms with E-state index in [1.54, 1.807) is 45.3 Å². The summed E-state index contributed by atoms with van der Waals surface area (Å²) in [6.45, 7) is 2.13. The van der Waals surface area contributed by atoms with Crippen LogP contribution in [0.1, 0.15) is 46.7 Å². The molecule has 2 amide bonds. The molecule has 0 spiro atoms. The molecule has 0 aliphatic carbocycles. The van der Waals surface area contributed by atoms with Crippen molar-refractivity contribution in [2.24, 2.45) is 0 Å². The van der Waals surface area contributed by atoms with Gasteiger partial charge >= 0.3 is 7.12 Å². The van der Waals surface area contributed by atoms with Crippen molar-refractivity contribution in [3.8, 4) is 5.75 Å². The highest BCUT2D eigenvalue weighted by molar-refractivity contribution is 6.43. The molecule has 30 heavy (non-hydrogen) atoms. The van der Waals surface area contributed by atoms with Crippen molar-refractivity contribution in [3.63, 3.8) is 0 Å². The summed E-state index contributed by atoms with van der Waals surface area (Å²) in [6.07, 6.45) is 0.325. The summed E-state index contributed by atoms with van der Waals surface area (Å²) in [5.41, 5.74) is 2.03. The van der Waals surface area contributed by atoms with E-state index >= 15 is 0 Å². The Hall–Kier alpha value is -2.84. The van der Waals surface area contributed by atoms with Gasteiger partial charge in [0.25, 0.3) is 5.91 Å². The lowest BCUT2D eigenvalue weighted by Crippen LogP contribution is -2.48. The zero-order valence-electron chi connectivity index (χ0n) is 17.4. The van der Waals surface area contributed by atoms with Crippen molar-refractivity contribution in [2.45, 2.75) is 31.1 Å². The van der Waals surface area contributed by atoms with Crippen LogP contribution in [0.4, 0.5) is 0 Å².